The summed E-state index contributed by atoms with van der Waals surface area (Å²) in [7, 11) is 0. The Kier molecular flexibility index (Phi) is 5.45. The van der Waals surface area contributed by atoms with Crippen molar-refractivity contribution >= 4 is 0 Å². The second kappa shape index (κ2) is 6.44. The summed E-state index contributed by atoms with van der Waals surface area (Å²) in [6.45, 7) is 4.68. The second-order valence-electron chi connectivity index (χ2n) is 5.80. The topological polar surface area (TPSA) is 0 Å². The second-order valence-corrected chi connectivity index (χ2v) is 5.80. The van der Waals surface area contributed by atoms with Gasteiger partial charge in [-0.1, -0.05) is 51.5 Å². The van der Waals surface area contributed by atoms with E-state index >= 15 is 0 Å². The van der Waals surface area contributed by atoms with Gasteiger partial charge >= 0.3 is 6.18 Å². The molecule has 0 spiro atoms. The molecule has 0 nitrogen and oxygen atoms in total. The van der Waals surface area contributed by atoms with Gasteiger partial charge in [0.15, 0.2) is 0 Å². The lowest BCUT2D eigenvalue weighted by Crippen LogP contribution is -2.32. The summed E-state index contributed by atoms with van der Waals surface area (Å²) in [4.78, 5) is 0. The van der Waals surface area contributed by atoms with Gasteiger partial charge in [-0.25, -0.2) is 0 Å². The van der Waals surface area contributed by atoms with Crippen LogP contribution in [0.25, 0.3) is 0 Å². The number of benzene rings is 1. The first-order valence-corrected chi connectivity index (χ1v) is 6.91. The first kappa shape index (κ1) is 16.1. The van der Waals surface area contributed by atoms with Crippen molar-refractivity contribution < 1.29 is 13.2 Å². The third kappa shape index (κ3) is 4.88. The Morgan fingerprint density at radius 2 is 1.37 bits per heavy atom. The molecule has 0 bridgehead atoms. The largest absolute Gasteiger partial charge is 0.393 e. The molecule has 0 heterocycles. The molecule has 0 saturated heterocycles. The highest BCUT2D eigenvalue weighted by Crippen LogP contribution is 2.40. The van der Waals surface area contributed by atoms with E-state index in [2.05, 4.69) is 6.92 Å². The molecule has 0 amide bonds. The van der Waals surface area contributed by atoms with Crippen LogP contribution >= 0.6 is 0 Å². The number of unbranched alkanes of at least 4 members (excludes halogenated alkanes) is 1. The van der Waals surface area contributed by atoms with E-state index in [1.165, 1.54) is 19.4 Å². The summed E-state index contributed by atoms with van der Waals surface area (Å²) in [5, 5.41) is 0. The average molecular weight is 272 g/mol. The maximum absolute atomic E-state index is 12.7. The molecule has 0 fully saturated rings. The van der Waals surface area contributed by atoms with Crippen LogP contribution < -0.4 is 0 Å². The lowest BCUT2D eigenvalue weighted by atomic mass is 9.85. The maximum atomic E-state index is 12.7. The number of aryl methyl sites for hydroxylation is 2. The van der Waals surface area contributed by atoms with Crippen molar-refractivity contribution in [1.82, 2.24) is 0 Å². The lowest BCUT2D eigenvalue weighted by molar-refractivity contribution is -0.213. The molecule has 108 valence electrons. The van der Waals surface area contributed by atoms with Gasteiger partial charge in [0.05, 0.1) is 5.41 Å². The van der Waals surface area contributed by atoms with Gasteiger partial charge < -0.3 is 0 Å². The number of alkyl halides is 3. The summed E-state index contributed by atoms with van der Waals surface area (Å²) in [6.07, 6.45) is -0.174. The minimum absolute atomic E-state index is 0.130. The molecule has 0 aromatic heterocycles. The number of hydrogen-bond donors (Lipinski definition) is 0. The molecule has 19 heavy (non-hydrogen) atoms. The first-order chi connectivity index (χ1) is 8.76. The summed E-state index contributed by atoms with van der Waals surface area (Å²) >= 11 is 0. The van der Waals surface area contributed by atoms with Crippen molar-refractivity contribution in [3.63, 3.8) is 0 Å². The van der Waals surface area contributed by atoms with Crippen molar-refractivity contribution in [3.8, 4) is 0 Å². The zero-order valence-corrected chi connectivity index (χ0v) is 12.0. The number of halogens is 3. The predicted octanol–water partition coefficient (Wildman–Crippen LogP) is 5.55. The number of rotatable bonds is 6. The van der Waals surface area contributed by atoms with Crippen molar-refractivity contribution in [2.45, 2.75) is 59.1 Å². The summed E-state index contributed by atoms with van der Waals surface area (Å²) in [6, 6.07) is 7.98. The summed E-state index contributed by atoms with van der Waals surface area (Å²) in [5.41, 5.74) is 0.631. The van der Waals surface area contributed by atoms with Crippen LogP contribution in [0.15, 0.2) is 24.3 Å². The fourth-order valence-electron chi connectivity index (χ4n) is 1.85. The monoisotopic (exact) mass is 272 g/mol. The minimum atomic E-state index is -4.13. The molecular weight excluding hydrogens is 249 g/mol. The Hall–Kier alpha value is -0.990. The van der Waals surface area contributed by atoms with Crippen molar-refractivity contribution in [3.05, 3.63) is 35.4 Å². The van der Waals surface area contributed by atoms with Crippen LogP contribution in [0.2, 0.25) is 0 Å². The Morgan fingerprint density at radius 1 is 0.895 bits per heavy atom. The Morgan fingerprint density at radius 3 is 1.79 bits per heavy atom. The van der Waals surface area contributed by atoms with E-state index in [4.69, 9.17) is 0 Å². The lowest BCUT2D eigenvalue weighted by Gasteiger charge is -2.27. The normalized spacial score (nSPS) is 12.7. The van der Waals surface area contributed by atoms with Gasteiger partial charge in [0.25, 0.3) is 0 Å². The first-order valence-electron chi connectivity index (χ1n) is 6.91. The zero-order valence-electron chi connectivity index (χ0n) is 12.0. The van der Waals surface area contributed by atoms with Gasteiger partial charge in [-0.05, 0) is 36.8 Å². The quantitative estimate of drug-likeness (QED) is 0.637. The van der Waals surface area contributed by atoms with Crippen LogP contribution in [0.3, 0.4) is 0 Å². The Labute approximate surface area is 114 Å². The van der Waals surface area contributed by atoms with Crippen LogP contribution in [0.1, 0.15) is 51.2 Å². The van der Waals surface area contributed by atoms with E-state index in [0.29, 0.717) is 6.42 Å². The van der Waals surface area contributed by atoms with Crippen molar-refractivity contribution in [1.29, 1.82) is 0 Å². The van der Waals surface area contributed by atoms with E-state index in [1.54, 1.807) is 0 Å². The smallest absolute Gasteiger partial charge is 0.171 e. The Bertz CT molecular complexity index is 374. The van der Waals surface area contributed by atoms with E-state index in [9.17, 15) is 13.2 Å². The Balaban J connectivity index is 2.55. The molecule has 0 aliphatic rings. The molecular formula is C16H23F3. The van der Waals surface area contributed by atoms with Crippen LogP contribution in [0, 0.1) is 5.41 Å². The number of hydrogen-bond acceptors (Lipinski definition) is 0. The average Bonchev–Trinajstić information content (AvgIpc) is 2.34. The fourth-order valence-corrected chi connectivity index (χ4v) is 1.85. The maximum Gasteiger partial charge on any atom is 0.393 e. The summed E-state index contributed by atoms with van der Waals surface area (Å²) < 4.78 is 38.2. The highest BCUT2D eigenvalue weighted by atomic mass is 19.4. The van der Waals surface area contributed by atoms with Gasteiger partial charge in [-0.2, -0.15) is 13.2 Å². The molecule has 1 aromatic rings. The zero-order chi connectivity index (χ0) is 14.5. The van der Waals surface area contributed by atoms with Crippen LogP contribution in [-0.4, -0.2) is 6.18 Å². The molecule has 1 aromatic carbocycles. The van der Waals surface area contributed by atoms with Crippen LogP contribution in [0.5, 0.6) is 0 Å². The molecule has 0 aliphatic carbocycles. The molecule has 3 heteroatoms. The van der Waals surface area contributed by atoms with Crippen molar-refractivity contribution in [2.24, 2.45) is 5.41 Å². The standard InChI is InChI=1S/C16H23F3/c1-4-5-6-13-7-9-14(10-8-13)11-12-15(2,3)16(17,18)19/h7-10H,4-6,11-12H2,1-3H3. The predicted molar refractivity (Wildman–Crippen MR) is 73.2 cm³/mol. The van der Waals surface area contributed by atoms with Crippen LogP contribution in [-0.2, 0) is 12.8 Å². The molecule has 0 saturated carbocycles. The van der Waals surface area contributed by atoms with E-state index in [-0.39, 0.29) is 6.42 Å². The van der Waals surface area contributed by atoms with E-state index < -0.39 is 11.6 Å². The van der Waals surface area contributed by atoms with Gasteiger partial charge in [-0.3, -0.25) is 0 Å². The molecule has 0 atom stereocenters. The molecule has 0 aliphatic heterocycles. The SMILES string of the molecule is CCCCc1ccc(CCC(C)(C)C(F)(F)F)cc1. The van der Waals surface area contributed by atoms with Gasteiger partial charge in [0, 0.05) is 0 Å². The molecule has 0 unspecified atom stereocenters. The van der Waals surface area contributed by atoms with Crippen LogP contribution in [0.4, 0.5) is 13.2 Å². The molecule has 1 rings (SSSR count). The summed E-state index contributed by atoms with van der Waals surface area (Å²) in [5.74, 6) is 0. The van der Waals surface area contributed by atoms with E-state index in [1.807, 2.05) is 24.3 Å². The fraction of sp³-hybridized carbons (Fsp3) is 0.625. The van der Waals surface area contributed by atoms with Gasteiger partial charge in [0.1, 0.15) is 0 Å². The molecule has 0 radical (unpaired) electrons. The third-order valence-electron chi connectivity index (χ3n) is 3.65. The highest BCUT2D eigenvalue weighted by Gasteiger charge is 2.46. The molecule has 0 N–H and O–H groups in total. The van der Waals surface area contributed by atoms with Crippen molar-refractivity contribution in [2.75, 3.05) is 0 Å². The van der Waals surface area contributed by atoms with Gasteiger partial charge in [0.2, 0.25) is 0 Å². The van der Waals surface area contributed by atoms with E-state index in [0.717, 1.165) is 24.8 Å². The third-order valence-corrected chi connectivity index (χ3v) is 3.65. The highest BCUT2D eigenvalue weighted by molar-refractivity contribution is 5.22. The van der Waals surface area contributed by atoms with Gasteiger partial charge in [-0.15, -0.1) is 0 Å². The minimum Gasteiger partial charge on any atom is -0.171 e.